The molecule has 1 aromatic heterocycles. The summed E-state index contributed by atoms with van der Waals surface area (Å²) in [5, 5.41) is 0.0113. The number of furan rings is 1. The van der Waals surface area contributed by atoms with Gasteiger partial charge in [-0.3, -0.25) is 0 Å². The third-order valence-electron chi connectivity index (χ3n) is 4.34. The molecular weight excluding hydrogens is 288 g/mol. The molecule has 1 unspecified atom stereocenters. The van der Waals surface area contributed by atoms with Crippen LogP contribution in [0.1, 0.15) is 45.8 Å². The van der Waals surface area contributed by atoms with E-state index in [-0.39, 0.29) is 17.1 Å². The Bertz CT molecular complexity index is 572. The van der Waals surface area contributed by atoms with E-state index in [1.165, 1.54) is 6.07 Å². The molecule has 1 saturated heterocycles. The molecular formula is C15H26N2O3S. The summed E-state index contributed by atoms with van der Waals surface area (Å²) in [6.07, 6.45) is 2.86. The van der Waals surface area contributed by atoms with Gasteiger partial charge < -0.3 is 10.2 Å². The van der Waals surface area contributed by atoms with Gasteiger partial charge in [0.05, 0.1) is 6.54 Å². The average Bonchev–Trinajstić information content (AvgIpc) is 2.73. The van der Waals surface area contributed by atoms with Crippen molar-refractivity contribution in [2.24, 2.45) is 17.1 Å². The maximum atomic E-state index is 12.6. The molecule has 1 aromatic rings. The molecule has 1 fully saturated rings. The summed E-state index contributed by atoms with van der Waals surface area (Å²) in [5.41, 5.74) is 5.69. The van der Waals surface area contributed by atoms with E-state index in [1.54, 1.807) is 10.4 Å². The Morgan fingerprint density at radius 2 is 2.00 bits per heavy atom. The molecule has 1 aliphatic rings. The molecule has 21 heavy (non-hydrogen) atoms. The third kappa shape index (κ3) is 3.67. The fourth-order valence-electron chi connectivity index (χ4n) is 2.91. The lowest BCUT2D eigenvalue weighted by Crippen LogP contribution is -2.32. The molecule has 1 aliphatic heterocycles. The number of sulfonamides is 1. The monoisotopic (exact) mass is 314 g/mol. The summed E-state index contributed by atoms with van der Waals surface area (Å²) in [6, 6.07) is 3.13. The molecule has 0 amide bonds. The first-order valence-electron chi connectivity index (χ1n) is 7.54. The highest BCUT2D eigenvalue weighted by Crippen LogP contribution is 2.35. The second-order valence-electron chi connectivity index (χ2n) is 6.82. The van der Waals surface area contributed by atoms with E-state index < -0.39 is 10.0 Å². The van der Waals surface area contributed by atoms with Crippen molar-refractivity contribution in [3.63, 3.8) is 0 Å². The van der Waals surface area contributed by atoms with E-state index in [1.807, 2.05) is 0 Å². The minimum atomic E-state index is -3.53. The van der Waals surface area contributed by atoms with Crippen LogP contribution in [0.2, 0.25) is 0 Å². The molecule has 0 saturated carbocycles. The van der Waals surface area contributed by atoms with Crippen LogP contribution in [0.3, 0.4) is 0 Å². The first-order chi connectivity index (χ1) is 9.75. The van der Waals surface area contributed by atoms with Crippen molar-refractivity contribution >= 4 is 10.0 Å². The number of nitrogens with zero attached hydrogens (tertiary/aromatic N) is 1. The number of hydrogen-bond acceptors (Lipinski definition) is 4. The van der Waals surface area contributed by atoms with Crippen LogP contribution in [0.5, 0.6) is 0 Å². The largest absolute Gasteiger partial charge is 0.447 e. The van der Waals surface area contributed by atoms with Crippen molar-refractivity contribution in [1.82, 2.24) is 4.31 Å². The van der Waals surface area contributed by atoms with Gasteiger partial charge in [-0.15, -0.1) is 0 Å². The second kappa shape index (κ2) is 6.10. The molecule has 0 radical (unpaired) electrons. The summed E-state index contributed by atoms with van der Waals surface area (Å²) in [5.74, 6) is 1.05. The van der Waals surface area contributed by atoms with Crippen LogP contribution >= 0.6 is 0 Å². The van der Waals surface area contributed by atoms with E-state index in [0.717, 1.165) is 19.3 Å². The predicted octanol–water partition coefficient (Wildman–Crippen LogP) is 2.58. The highest BCUT2D eigenvalue weighted by Gasteiger charge is 2.33. The second-order valence-corrected chi connectivity index (χ2v) is 8.69. The van der Waals surface area contributed by atoms with Crippen LogP contribution < -0.4 is 5.73 Å². The topological polar surface area (TPSA) is 76.5 Å². The molecule has 0 aliphatic carbocycles. The van der Waals surface area contributed by atoms with Gasteiger partial charge in [0.2, 0.25) is 5.09 Å². The van der Waals surface area contributed by atoms with E-state index in [2.05, 4.69) is 20.8 Å². The van der Waals surface area contributed by atoms with E-state index >= 15 is 0 Å². The van der Waals surface area contributed by atoms with Gasteiger partial charge in [-0.2, -0.15) is 4.31 Å². The molecule has 0 spiro atoms. The number of nitrogens with two attached hydrogens (primary N) is 1. The van der Waals surface area contributed by atoms with Crippen molar-refractivity contribution in [3.8, 4) is 0 Å². The Hall–Kier alpha value is -0.850. The van der Waals surface area contributed by atoms with Crippen LogP contribution in [-0.4, -0.2) is 25.8 Å². The minimum absolute atomic E-state index is 0.0113. The first kappa shape index (κ1) is 16.5. The van der Waals surface area contributed by atoms with Gasteiger partial charge in [0.1, 0.15) is 5.76 Å². The molecule has 0 aromatic carbocycles. The van der Waals surface area contributed by atoms with Crippen LogP contribution in [-0.2, 0) is 16.6 Å². The zero-order valence-electron chi connectivity index (χ0n) is 13.1. The minimum Gasteiger partial charge on any atom is -0.447 e. The summed E-state index contributed by atoms with van der Waals surface area (Å²) in [7, 11) is -3.53. The summed E-state index contributed by atoms with van der Waals surface area (Å²) in [6.45, 7) is 8.00. The fourth-order valence-corrected chi connectivity index (χ4v) is 4.33. The Kier molecular flexibility index (Phi) is 4.80. The fraction of sp³-hybridized carbons (Fsp3) is 0.733. The molecule has 2 N–H and O–H groups in total. The molecule has 6 heteroatoms. The lowest BCUT2D eigenvalue weighted by Gasteiger charge is -2.29. The van der Waals surface area contributed by atoms with Crippen LogP contribution in [0.15, 0.2) is 21.6 Å². The van der Waals surface area contributed by atoms with Gasteiger partial charge in [-0.25, -0.2) is 8.42 Å². The van der Waals surface area contributed by atoms with Crippen LogP contribution in [0.4, 0.5) is 0 Å². The molecule has 2 rings (SSSR count). The molecule has 1 atom stereocenters. The Labute approximate surface area is 127 Å². The summed E-state index contributed by atoms with van der Waals surface area (Å²) in [4.78, 5) is 0. The SMILES string of the molecule is CC(C)(C)C1CCCN(S(=O)(=O)c2ccc(CN)o2)CC1. The third-order valence-corrected chi connectivity index (χ3v) is 6.12. The van der Waals surface area contributed by atoms with Gasteiger partial charge >= 0.3 is 0 Å². The predicted molar refractivity (Wildman–Crippen MR) is 82.2 cm³/mol. The number of rotatable bonds is 3. The van der Waals surface area contributed by atoms with Gasteiger partial charge in [0.15, 0.2) is 0 Å². The van der Waals surface area contributed by atoms with Crippen LogP contribution in [0.25, 0.3) is 0 Å². The Balaban J connectivity index is 2.14. The highest BCUT2D eigenvalue weighted by atomic mass is 32.2. The van der Waals surface area contributed by atoms with E-state index in [0.29, 0.717) is 24.8 Å². The zero-order valence-corrected chi connectivity index (χ0v) is 13.9. The quantitative estimate of drug-likeness (QED) is 0.930. The van der Waals surface area contributed by atoms with Gasteiger partial charge in [-0.05, 0) is 42.7 Å². The van der Waals surface area contributed by atoms with Gasteiger partial charge in [0.25, 0.3) is 10.0 Å². The van der Waals surface area contributed by atoms with Crippen molar-refractivity contribution in [1.29, 1.82) is 0 Å². The summed E-state index contributed by atoms with van der Waals surface area (Å²) >= 11 is 0. The van der Waals surface area contributed by atoms with Crippen molar-refractivity contribution in [2.75, 3.05) is 13.1 Å². The Morgan fingerprint density at radius 3 is 2.57 bits per heavy atom. The average molecular weight is 314 g/mol. The normalized spacial score (nSPS) is 22.2. The van der Waals surface area contributed by atoms with Crippen molar-refractivity contribution in [2.45, 2.75) is 51.7 Å². The van der Waals surface area contributed by atoms with Crippen molar-refractivity contribution in [3.05, 3.63) is 17.9 Å². The van der Waals surface area contributed by atoms with Gasteiger partial charge in [-0.1, -0.05) is 20.8 Å². The first-order valence-corrected chi connectivity index (χ1v) is 8.98. The maximum absolute atomic E-state index is 12.6. The molecule has 5 nitrogen and oxygen atoms in total. The maximum Gasteiger partial charge on any atom is 0.276 e. The van der Waals surface area contributed by atoms with Gasteiger partial charge in [0, 0.05) is 13.1 Å². The smallest absolute Gasteiger partial charge is 0.276 e. The standard InChI is InChI=1S/C15H26N2O3S/c1-15(2,3)12-5-4-9-17(10-8-12)21(18,19)14-7-6-13(11-16)20-14/h6-7,12H,4-5,8-11,16H2,1-3H3. The van der Waals surface area contributed by atoms with Crippen LogP contribution in [0, 0.1) is 11.3 Å². The Morgan fingerprint density at radius 1 is 1.29 bits per heavy atom. The lowest BCUT2D eigenvalue weighted by atomic mass is 9.77. The number of hydrogen-bond donors (Lipinski definition) is 1. The highest BCUT2D eigenvalue weighted by molar-refractivity contribution is 7.89. The lowest BCUT2D eigenvalue weighted by molar-refractivity contribution is 0.216. The summed E-state index contributed by atoms with van der Waals surface area (Å²) < 4.78 is 32.1. The molecule has 0 bridgehead atoms. The molecule has 2 heterocycles. The van der Waals surface area contributed by atoms with Crippen molar-refractivity contribution < 1.29 is 12.8 Å². The van der Waals surface area contributed by atoms with E-state index in [4.69, 9.17) is 10.2 Å². The molecule has 120 valence electrons. The van der Waals surface area contributed by atoms with E-state index in [9.17, 15) is 8.42 Å². The zero-order chi connectivity index (χ0) is 15.7.